The van der Waals surface area contributed by atoms with E-state index < -0.39 is 45.7 Å². The van der Waals surface area contributed by atoms with Crippen LogP contribution in [-0.4, -0.2) is 20.7 Å². The van der Waals surface area contributed by atoms with Crippen molar-refractivity contribution in [2.24, 2.45) is 14.1 Å². The molecule has 4 aliphatic carbocycles. The van der Waals surface area contributed by atoms with Gasteiger partial charge in [0.15, 0.2) is 34.8 Å². The third kappa shape index (κ3) is 7.69. The molecule has 13 aromatic rings. The number of hydrogen-bond acceptors (Lipinski definition) is 10. The van der Waals surface area contributed by atoms with Gasteiger partial charge in [0.05, 0.1) is 51.7 Å². The van der Waals surface area contributed by atoms with Gasteiger partial charge >= 0.3 is 0 Å². The number of nitriles is 4. The van der Waals surface area contributed by atoms with Crippen LogP contribution in [0.4, 0.5) is 17.6 Å². The number of aromatic nitrogens is 2. The van der Waals surface area contributed by atoms with E-state index in [1.54, 1.807) is 34.8 Å². The summed E-state index contributed by atoms with van der Waals surface area (Å²) in [7, 11) is 4.12. The maximum absolute atomic E-state index is 14.9. The number of benzene rings is 7. The van der Waals surface area contributed by atoms with Gasteiger partial charge in [-0.3, -0.25) is 9.59 Å². The lowest BCUT2D eigenvalue weighted by molar-refractivity contribution is 0.103. The van der Waals surface area contributed by atoms with E-state index in [1.807, 2.05) is 36.4 Å². The monoisotopic (exact) mass is 1320 g/mol. The second-order valence-corrected chi connectivity index (χ2v) is 29.3. The van der Waals surface area contributed by atoms with Gasteiger partial charge in [-0.05, 0) is 144 Å². The molecule has 0 saturated carbocycles. The molecule has 0 atom stereocenters. The Morgan fingerprint density at radius 3 is 1.01 bits per heavy atom. The lowest BCUT2D eigenvalue weighted by atomic mass is 9.65. The van der Waals surface area contributed by atoms with E-state index in [4.69, 9.17) is 0 Å². The van der Waals surface area contributed by atoms with Gasteiger partial charge in [0.25, 0.3) is 0 Å². The molecule has 16 heteroatoms. The fourth-order valence-electron chi connectivity index (χ4n) is 15.5. The number of allylic oxidation sites excluding steroid dienone is 6. The Morgan fingerprint density at radius 1 is 0.406 bits per heavy atom. The average molecular weight is 1330 g/mol. The van der Waals surface area contributed by atoms with Gasteiger partial charge in [-0.2, -0.15) is 21.0 Å². The first kappa shape index (κ1) is 58.7. The molecule has 0 aliphatic heterocycles. The molecule has 17 rings (SSSR count). The van der Waals surface area contributed by atoms with Gasteiger partial charge in [0, 0.05) is 78.2 Å². The number of halogens is 4. The predicted molar refractivity (Wildman–Crippen MR) is 373 cm³/mol. The minimum atomic E-state index is -1.21. The largest absolute Gasteiger partial charge is 0.342 e. The maximum atomic E-state index is 14.9. The standard InChI is InChI=1S/C80H44F4N6O2S4/c1-37-7-15-43(16-8-37)79(44-17-9-38(2)10-18-44)57-27-54-58(28-53(57)73-67(79)69-77(95-73)75-63(89(69)5)25-47(93-75)23-55-65(41(33-85)34-86)49-29-59(81)61(83)31-51(49)71(55)91)80(45-19-11-39(3)12-20-45,46-21-13-40(4)14-22-46)68-70-78(96-74(54)68)76-64(90(70)6)26-48(94-76)24-56-66(42(35-87)36-88)50-30-60(82)62(84)32-52(50)72(56)92/h7-32H,1-6H3/b55-23-,56-24-. The first-order chi connectivity index (χ1) is 46.3. The molecule has 0 fully saturated rings. The molecular formula is C80H44F4N6O2S4. The van der Waals surface area contributed by atoms with Gasteiger partial charge < -0.3 is 9.13 Å². The number of aryl methyl sites for hydroxylation is 6. The van der Waals surface area contributed by atoms with Gasteiger partial charge in [0.1, 0.15) is 35.4 Å². The van der Waals surface area contributed by atoms with Crippen LogP contribution in [0.1, 0.15) is 108 Å². The molecule has 0 saturated heterocycles. The van der Waals surface area contributed by atoms with Crippen molar-refractivity contribution >= 4 is 121 Å². The molecule has 6 aromatic heterocycles. The number of carbonyl (C=O) groups is 2. The summed E-state index contributed by atoms with van der Waals surface area (Å²) in [4.78, 5) is 32.0. The second-order valence-electron chi connectivity index (χ2n) is 25.1. The van der Waals surface area contributed by atoms with E-state index in [-0.39, 0.29) is 55.7 Å². The molecule has 0 amide bonds. The van der Waals surface area contributed by atoms with Crippen molar-refractivity contribution in [3.05, 3.63) is 290 Å². The fourth-order valence-corrected chi connectivity index (χ4v) is 20.9. The molecule has 0 unspecified atom stereocenters. The van der Waals surface area contributed by atoms with Crippen LogP contribution in [0.15, 0.2) is 168 Å². The van der Waals surface area contributed by atoms with Crippen molar-refractivity contribution in [1.29, 1.82) is 21.0 Å². The van der Waals surface area contributed by atoms with Crippen LogP contribution >= 0.6 is 45.3 Å². The Hall–Kier alpha value is -11.1. The highest BCUT2D eigenvalue weighted by Crippen LogP contribution is 2.68. The summed E-state index contributed by atoms with van der Waals surface area (Å²) in [5, 5.41) is 40.7. The molecular weight excluding hydrogens is 1280 g/mol. The molecule has 0 radical (unpaired) electrons. The SMILES string of the molecule is Cc1ccc(C2(c3ccc(C)cc3)c3cc4c(cc3-c3sc5c6sc(/C=C7\C(=O)c8cc(F)c(F)cc8C7=C(C#N)C#N)cc6n(C)c5c32)C(c2ccc(C)cc2)(c2ccc(C)cc2)c2c-4sc3c4sc(/C=C5\C(=O)c6cc(F)c(F)cc6C5=C(C#N)C#N)cc4n(C)c23)cc1. The van der Waals surface area contributed by atoms with E-state index in [1.165, 1.54) is 22.7 Å². The van der Waals surface area contributed by atoms with Crippen molar-refractivity contribution < 1.29 is 27.2 Å². The third-order valence-electron chi connectivity index (χ3n) is 19.9. The zero-order valence-electron chi connectivity index (χ0n) is 51.7. The zero-order chi connectivity index (χ0) is 66.4. The Bertz CT molecular complexity index is 5650. The summed E-state index contributed by atoms with van der Waals surface area (Å²) < 4.78 is 67.8. The fraction of sp³-hybridized carbons (Fsp3) is 0.100. The van der Waals surface area contributed by atoms with Crippen LogP contribution in [-0.2, 0) is 24.9 Å². The lowest BCUT2D eigenvalue weighted by Crippen LogP contribution is -2.30. The van der Waals surface area contributed by atoms with Crippen LogP contribution in [0.2, 0.25) is 0 Å². The molecule has 8 nitrogen and oxygen atoms in total. The Kier molecular flexibility index (Phi) is 12.7. The van der Waals surface area contributed by atoms with E-state index in [9.17, 15) is 48.2 Å². The number of hydrogen-bond donors (Lipinski definition) is 0. The quantitative estimate of drug-likeness (QED) is 0.0923. The molecule has 0 bridgehead atoms. The number of carbonyl (C=O) groups excluding carboxylic acids is 2. The van der Waals surface area contributed by atoms with Crippen molar-refractivity contribution in [3.63, 3.8) is 0 Å². The minimum absolute atomic E-state index is 0.00188. The van der Waals surface area contributed by atoms with Crippen molar-refractivity contribution in [2.45, 2.75) is 38.5 Å². The minimum Gasteiger partial charge on any atom is -0.342 e. The van der Waals surface area contributed by atoms with Crippen molar-refractivity contribution in [1.82, 2.24) is 9.13 Å². The van der Waals surface area contributed by atoms with Crippen LogP contribution in [0.3, 0.4) is 0 Å². The summed E-state index contributed by atoms with van der Waals surface area (Å²) in [6.45, 7) is 8.36. The summed E-state index contributed by atoms with van der Waals surface area (Å²) in [6, 6.07) is 55.2. The number of rotatable bonds is 6. The number of nitrogens with zero attached hydrogens (tertiary/aromatic N) is 6. The van der Waals surface area contributed by atoms with Gasteiger partial charge in [-0.25, -0.2) is 17.6 Å². The van der Waals surface area contributed by atoms with Crippen LogP contribution in [0.25, 0.3) is 85.0 Å². The number of thiophene rings is 4. The van der Waals surface area contributed by atoms with E-state index in [0.717, 1.165) is 153 Å². The highest BCUT2D eigenvalue weighted by atomic mass is 32.1. The van der Waals surface area contributed by atoms with Crippen molar-refractivity contribution in [2.75, 3.05) is 0 Å². The number of Topliss-reactive ketones (excluding diaryl/α,β-unsaturated/α-hetero) is 2. The predicted octanol–water partition coefficient (Wildman–Crippen LogP) is 19.9. The lowest BCUT2D eigenvalue weighted by Gasteiger charge is -2.36. The van der Waals surface area contributed by atoms with Crippen LogP contribution in [0.5, 0.6) is 0 Å². The van der Waals surface area contributed by atoms with E-state index in [2.05, 4.69) is 160 Å². The second kappa shape index (κ2) is 20.7. The first-order valence-electron chi connectivity index (χ1n) is 30.5. The summed E-state index contributed by atoms with van der Waals surface area (Å²) in [5.74, 6) is -6.05. The van der Waals surface area contributed by atoms with Gasteiger partial charge in [-0.1, -0.05) is 119 Å². The first-order valence-corrected chi connectivity index (χ1v) is 33.8. The van der Waals surface area contributed by atoms with Crippen LogP contribution in [0, 0.1) is 96.3 Å². The molecule has 4 aliphatic rings. The normalized spacial score (nSPS) is 15.4. The molecule has 0 N–H and O–H groups in total. The maximum Gasteiger partial charge on any atom is 0.194 e. The molecule has 7 aromatic carbocycles. The molecule has 458 valence electrons. The molecule has 0 spiro atoms. The number of fused-ring (bicyclic) bond motifs is 16. The van der Waals surface area contributed by atoms with Crippen LogP contribution < -0.4 is 0 Å². The molecule has 96 heavy (non-hydrogen) atoms. The highest BCUT2D eigenvalue weighted by Gasteiger charge is 2.55. The zero-order valence-corrected chi connectivity index (χ0v) is 54.9. The van der Waals surface area contributed by atoms with Gasteiger partial charge in [-0.15, -0.1) is 45.3 Å². The van der Waals surface area contributed by atoms with E-state index in [0.29, 0.717) is 9.75 Å². The average Bonchev–Trinajstić information content (AvgIpc) is 1.49. The summed E-state index contributed by atoms with van der Waals surface area (Å²) >= 11 is 6.37. The third-order valence-corrected chi connectivity index (χ3v) is 24.8. The summed E-state index contributed by atoms with van der Waals surface area (Å²) in [6.07, 6.45) is 3.26. The highest BCUT2D eigenvalue weighted by molar-refractivity contribution is 7.30. The topological polar surface area (TPSA) is 139 Å². The Balaban J connectivity index is 0.944. The van der Waals surface area contributed by atoms with Gasteiger partial charge in [0.2, 0.25) is 0 Å². The number of ketones is 2. The Morgan fingerprint density at radius 2 is 0.708 bits per heavy atom. The smallest absolute Gasteiger partial charge is 0.194 e. The van der Waals surface area contributed by atoms with E-state index >= 15 is 0 Å². The van der Waals surface area contributed by atoms with Crippen molar-refractivity contribution in [3.8, 4) is 45.2 Å². The summed E-state index contributed by atoms with van der Waals surface area (Å²) in [5.41, 5.74) is 16.1. The molecule has 6 heterocycles. The Labute approximate surface area is 562 Å².